The van der Waals surface area contributed by atoms with Crippen molar-refractivity contribution in [2.24, 2.45) is 5.92 Å². The van der Waals surface area contributed by atoms with E-state index < -0.39 is 10.0 Å². The molecule has 1 aromatic heterocycles. The average molecular weight is 423 g/mol. The lowest BCUT2D eigenvalue weighted by Gasteiger charge is -2.08. The highest BCUT2D eigenvalue weighted by atomic mass is 32.2. The molecule has 3 N–H and O–H groups in total. The Morgan fingerprint density at radius 3 is 2.61 bits per heavy atom. The van der Waals surface area contributed by atoms with Crippen molar-refractivity contribution in [3.8, 4) is 0 Å². The van der Waals surface area contributed by atoms with E-state index in [0.29, 0.717) is 22.2 Å². The molecular weight excluding hydrogens is 400 g/mol. The summed E-state index contributed by atoms with van der Waals surface area (Å²) in [6, 6.07) is 6.44. The lowest BCUT2D eigenvalue weighted by Crippen LogP contribution is -2.20. The minimum Gasteiger partial charge on any atom is -0.326 e. The van der Waals surface area contributed by atoms with Crippen molar-refractivity contribution in [1.82, 2.24) is 4.98 Å². The molecule has 0 radical (unpaired) electrons. The van der Waals surface area contributed by atoms with Gasteiger partial charge in [0.2, 0.25) is 21.8 Å². The van der Waals surface area contributed by atoms with E-state index in [4.69, 9.17) is 0 Å². The van der Waals surface area contributed by atoms with Crippen LogP contribution in [0.2, 0.25) is 0 Å². The first-order chi connectivity index (χ1) is 13.3. The quantitative estimate of drug-likeness (QED) is 0.634. The van der Waals surface area contributed by atoms with Gasteiger partial charge in [-0.05, 0) is 31.0 Å². The molecule has 1 aliphatic carbocycles. The molecule has 28 heavy (non-hydrogen) atoms. The van der Waals surface area contributed by atoms with Gasteiger partial charge in [0.1, 0.15) is 0 Å². The summed E-state index contributed by atoms with van der Waals surface area (Å²) in [5, 5.41) is 7.78. The molecular formula is C18H22N4O4S2. The van der Waals surface area contributed by atoms with E-state index in [-0.39, 0.29) is 24.2 Å². The Kier molecular flexibility index (Phi) is 6.30. The van der Waals surface area contributed by atoms with Crippen LogP contribution in [0, 0.1) is 5.92 Å². The third kappa shape index (κ3) is 6.03. The van der Waals surface area contributed by atoms with Crippen LogP contribution in [-0.2, 0) is 26.0 Å². The van der Waals surface area contributed by atoms with Gasteiger partial charge in [0.15, 0.2) is 5.13 Å². The van der Waals surface area contributed by atoms with Gasteiger partial charge in [-0.15, -0.1) is 11.3 Å². The zero-order chi connectivity index (χ0) is 20.1. The van der Waals surface area contributed by atoms with Crippen molar-refractivity contribution < 1.29 is 18.0 Å². The zero-order valence-electron chi connectivity index (χ0n) is 15.4. The minimum absolute atomic E-state index is 0.00181. The number of thiazole rings is 1. The Bertz CT molecular complexity index is 965. The van der Waals surface area contributed by atoms with Crippen LogP contribution in [0.4, 0.5) is 16.5 Å². The van der Waals surface area contributed by atoms with Crippen LogP contribution in [0.1, 0.15) is 31.4 Å². The Morgan fingerprint density at radius 1 is 1.18 bits per heavy atom. The van der Waals surface area contributed by atoms with E-state index >= 15 is 0 Å². The van der Waals surface area contributed by atoms with Gasteiger partial charge in [-0.3, -0.25) is 14.3 Å². The van der Waals surface area contributed by atoms with E-state index in [1.165, 1.54) is 17.4 Å². The Labute approximate surface area is 167 Å². The number of nitrogens with zero attached hydrogens (tertiary/aromatic N) is 1. The first kappa shape index (κ1) is 20.3. The van der Waals surface area contributed by atoms with Crippen LogP contribution >= 0.6 is 11.3 Å². The lowest BCUT2D eigenvalue weighted by atomic mass is 10.1. The largest absolute Gasteiger partial charge is 0.326 e. The molecule has 0 unspecified atom stereocenters. The molecule has 1 heterocycles. The molecule has 1 fully saturated rings. The molecule has 150 valence electrons. The van der Waals surface area contributed by atoms with E-state index in [9.17, 15) is 18.0 Å². The van der Waals surface area contributed by atoms with E-state index in [1.807, 2.05) is 0 Å². The number of sulfonamides is 1. The Hall–Kier alpha value is -2.46. The van der Waals surface area contributed by atoms with Crippen molar-refractivity contribution in [2.45, 2.75) is 32.1 Å². The predicted octanol–water partition coefficient (Wildman–Crippen LogP) is 2.82. The number of benzene rings is 1. The number of carbonyl (C=O) groups excluding carboxylic acids is 2. The number of nitrogens with one attached hydrogen (secondary N) is 3. The number of anilines is 3. The molecule has 10 heteroatoms. The minimum atomic E-state index is -3.39. The maximum atomic E-state index is 12.2. The van der Waals surface area contributed by atoms with Crippen LogP contribution in [0.15, 0.2) is 29.6 Å². The highest BCUT2D eigenvalue weighted by molar-refractivity contribution is 7.92. The molecule has 0 aliphatic heterocycles. The Morgan fingerprint density at radius 2 is 1.89 bits per heavy atom. The number of carbonyl (C=O) groups is 2. The molecule has 0 atom stereocenters. The second-order valence-corrected chi connectivity index (χ2v) is 9.40. The highest BCUT2D eigenvalue weighted by Crippen LogP contribution is 2.27. The molecule has 0 bridgehead atoms. The summed E-state index contributed by atoms with van der Waals surface area (Å²) in [5.41, 5.74) is 1.41. The van der Waals surface area contributed by atoms with Crippen LogP contribution in [0.3, 0.4) is 0 Å². The third-order valence-corrected chi connectivity index (χ3v) is 5.71. The molecule has 1 saturated carbocycles. The fourth-order valence-corrected chi connectivity index (χ4v) is 4.35. The topological polar surface area (TPSA) is 117 Å². The first-order valence-electron chi connectivity index (χ1n) is 8.91. The first-order valence-corrected chi connectivity index (χ1v) is 11.7. The third-order valence-electron chi connectivity index (χ3n) is 4.30. The molecule has 1 aliphatic rings. The average Bonchev–Trinajstić information content (AvgIpc) is 3.25. The van der Waals surface area contributed by atoms with Crippen molar-refractivity contribution in [2.75, 3.05) is 21.6 Å². The fourth-order valence-electron chi connectivity index (χ4n) is 3.09. The van der Waals surface area contributed by atoms with Crippen molar-refractivity contribution in [3.05, 3.63) is 35.3 Å². The van der Waals surface area contributed by atoms with Crippen LogP contribution in [0.25, 0.3) is 0 Å². The van der Waals surface area contributed by atoms with Crippen molar-refractivity contribution >= 4 is 49.7 Å². The van der Waals surface area contributed by atoms with Gasteiger partial charge in [-0.1, -0.05) is 18.9 Å². The fraction of sp³-hybridized carbons (Fsp3) is 0.389. The summed E-state index contributed by atoms with van der Waals surface area (Å²) < 4.78 is 25.0. The number of hydrogen-bond acceptors (Lipinski definition) is 6. The normalized spacial score (nSPS) is 14.6. The van der Waals surface area contributed by atoms with Gasteiger partial charge in [-0.25, -0.2) is 13.4 Å². The number of hydrogen-bond donors (Lipinski definition) is 3. The molecule has 0 saturated heterocycles. The summed E-state index contributed by atoms with van der Waals surface area (Å²) >= 11 is 1.29. The van der Waals surface area contributed by atoms with Gasteiger partial charge in [0, 0.05) is 17.0 Å². The van der Waals surface area contributed by atoms with Gasteiger partial charge >= 0.3 is 0 Å². The summed E-state index contributed by atoms with van der Waals surface area (Å²) in [5.74, 6) is -0.225. The number of amides is 2. The van der Waals surface area contributed by atoms with Gasteiger partial charge in [0.25, 0.3) is 0 Å². The van der Waals surface area contributed by atoms with E-state index in [2.05, 4.69) is 20.3 Å². The second-order valence-electron chi connectivity index (χ2n) is 6.79. The maximum absolute atomic E-state index is 12.2. The molecule has 0 spiro atoms. The standard InChI is InChI=1S/C18H22N4O4S2/c1-28(25,26)22-14-8-4-7-13(9-14)19-16(23)10-15-11-27-18(20-15)21-17(24)12-5-2-3-6-12/h4,7-9,11-12,22H,2-3,5-6,10H2,1H3,(H,19,23)(H,20,21,24). The maximum Gasteiger partial charge on any atom is 0.230 e. The summed E-state index contributed by atoms with van der Waals surface area (Å²) in [7, 11) is -3.39. The molecule has 1 aromatic carbocycles. The van der Waals surface area contributed by atoms with E-state index in [1.54, 1.807) is 23.6 Å². The predicted molar refractivity (Wildman–Crippen MR) is 110 cm³/mol. The zero-order valence-corrected chi connectivity index (χ0v) is 17.0. The smallest absolute Gasteiger partial charge is 0.230 e. The highest BCUT2D eigenvalue weighted by Gasteiger charge is 2.23. The second kappa shape index (κ2) is 8.70. The van der Waals surface area contributed by atoms with Gasteiger partial charge < -0.3 is 10.6 Å². The van der Waals surface area contributed by atoms with Crippen molar-refractivity contribution in [3.63, 3.8) is 0 Å². The van der Waals surface area contributed by atoms with Gasteiger partial charge in [0.05, 0.1) is 24.1 Å². The lowest BCUT2D eigenvalue weighted by molar-refractivity contribution is -0.119. The van der Waals surface area contributed by atoms with Crippen LogP contribution in [-0.4, -0.2) is 31.5 Å². The molecule has 3 rings (SSSR count). The van der Waals surface area contributed by atoms with E-state index in [0.717, 1.165) is 31.9 Å². The number of aromatic nitrogens is 1. The molecule has 2 amide bonds. The summed E-state index contributed by atoms with van der Waals surface area (Å²) in [6.07, 6.45) is 5.12. The number of rotatable bonds is 7. The van der Waals surface area contributed by atoms with Gasteiger partial charge in [-0.2, -0.15) is 0 Å². The molecule has 8 nitrogen and oxygen atoms in total. The van der Waals surface area contributed by atoms with Crippen LogP contribution in [0.5, 0.6) is 0 Å². The monoisotopic (exact) mass is 422 g/mol. The summed E-state index contributed by atoms with van der Waals surface area (Å²) in [4.78, 5) is 28.7. The van der Waals surface area contributed by atoms with Crippen molar-refractivity contribution in [1.29, 1.82) is 0 Å². The SMILES string of the molecule is CS(=O)(=O)Nc1cccc(NC(=O)Cc2csc(NC(=O)C3CCCC3)n2)c1. The Balaban J connectivity index is 1.54. The van der Waals surface area contributed by atoms with Crippen LogP contribution < -0.4 is 15.4 Å². The summed E-state index contributed by atoms with van der Waals surface area (Å²) in [6.45, 7) is 0. The molecule has 2 aromatic rings.